The van der Waals surface area contributed by atoms with Crippen LogP contribution >= 0.6 is 0 Å². The van der Waals surface area contributed by atoms with E-state index in [0.29, 0.717) is 17.9 Å². The van der Waals surface area contributed by atoms with Crippen LogP contribution in [0.15, 0.2) is 36.2 Å². The van der Waals surface area contributed by atoms with Crippen molar-refractivity contribution in [3.8, 4) is 6.07 Å². The minimum Gasteiger partial charge on any atom is -0.378 e. The van der Waals surface area contributed by atoms with Gasteiger partial charge >= 0.3 is 0 Å². The predicted octanol–water partition coefficient (Wildman–Crippen LogP) is 6.87. The van der Waals surface area contributed by atoms with Gasteiger partial charge in [-0.15, -0.1) is 0 Å². The van der Waals surface area contributed by atoms with Gasteiger partial charge < -0.3 is 4.74 Å². The van der Waals surface area contributed by atoms with Gasteiger partial charge in [-0.05, 0) is 92.7 Å². The molecule has 0 bridgehead atoms. The molecule has 2 fully saturated rings. The Labute approximate surface area is 169 Å². The van der Waals surface area contributed by atoms with Crippen LogP contribution in [-0.4, -0.2) is 12.7 Å². The Kier molecular flexibility index (Phi) is 8.10. The fourth-order valence-corrected chi connectivity index (χ4v) is 4.85. The number of ether oxygens (including phenoxy) is 1. The van der Waals surface area contributed by atoms with Crippen LogP contribution in [0.4, 0.5) is 4.39 Å². The molecule has 3 rings (SSSR count). The zero-order valence-electron chi connectivity index (χ0n) is 17.2. The third-order valence-electron chi connectivity index (χ3n) is 6.61. The predicted molar refractivity (Wildman–Crippen MR) is 112 cm³/mol. The maximum Gasteiger partial charge on any atom is 0.196 e. The molecule has 1 aromatic carbocycles. The molecule has 2 nitrogen and oxygen atoms in total. The van der Waals surface area contributed by atoms with Crippen molar-refractivity contribution in [3.05, 3.63) is 47.3 Å². The smallest absolute Gasteiger partial charge is 0.196 e. The third kappa shape index (κ3) is 6.17. The second kappa shape index (κ2) is 10.8. The van der Waals surface area contributed by atoms with Gasteiger partial charge in [0.05, 0.1) is 6.10 Å². The molecule has 1 aromatic rings. The quantitative estimate of drug-likeness (QED) is 0.482. The van der Waals surface area contributed by atoms with E-state index in [4.69, 9.17) is 10.00 Å². The van der Waals surface area contributed by atoms with E-state index in [1.54, 1.807) is 6.07 Å². The molecule has 2 saturated carbocycles. The molecule has 0 unspecified atom stereocenters. The van der Waals surface area contributed by atoms with Crippen molar-refractivity contribution in [1.82, 2.24) is 0 Å². The molecule has 152 valence electrons. The van der Waals surface area contributed by atoms with Gasteiger partial charge in [0, 0.05) is 6.61 Å². The number of hydrogen-bond donors (Lipinski definition) is 0. The first-order chi connectivity index (χ1) is 13.7. The fourth-order valence-electron chi connectivity index (χ4n) is 4.85. The van der Waals surface area contributed by atoms with Crippen molar-refractivity contribution in [2.75, 3.05) is 6.61 Å². The molecule has 0 saturated heterocycles. The lowest BCUT2D eigenvalue weighted by Crippen LogP contribution is -2.25. The van der Waals surface area contributed by atoms with Gasteiger partial charge in [0.1, 0.15) is 6.07 Å². The maximum absolute atomic E-state index is 13.1. The Bertz CT molecular complexity index is 659. The van der Waals surface area contributed by atoms with E-state index < -0.39 is 5.83 Å². The largest absolute Gasteiger partial charge is 0.378 e. The summed E-state index contributed by atoms with van der Waals surface area (Å²) in [7, 11) is 0. The summed E-state index contributed by atoms with van der Waals surface area (Å²) in [4.78, 5) is 0. The van der Waals surface area contributed by atoms with Crippen LogP contribution in [0.2, 0.25) is 0 Å². The second-order valence-electron chi connectivity index (χ2n) is 8.71. The van der Waals surface area contributed by atoms with Gasteiger partial charge in [0.25, 0.3) is 0 Å². The molecule has 0 spiro atoms. The molecule has 0 N–H and O–H groups in total. The Morgan fingerprint density at radius 3 is 2.36 bits per heavy atom. The zero-order valence-corrected chi connectivity index (χ0v) is 17.2. The van der Waals surface area contributed by atoms with Crippen molar-refractivity contribution < 1.29 is 9.13 Å². The van der Waals surface area contributed by atoms with E-state index in [0.717, 1.165) is 45.1 Å². The van der Waals surface area contributed by atoms with Crippen molar-refractivity contribution >= 4 is 0 Å². The van der Waals surface area contributed by atoms with Crippen LogP contribution in [0.3, 0.4) is 0 Å². The van der Waals surface area contributed by atoms with E-state index in [1.165, 1.54) is 42.9 Å². The number of nitriles is 1. The standard InChI is InChI=1S/C25H34FNO/c1-2-3-19-8-10-22(11-9-19)23-12-14-25(15-13-23)28-18-21-6-4-20(5-7-21)16-24(26)17-27/h8-11,16,20-21,23,25H,2-7,12-15,18H2,1H3. The van der Waals surface area contributed by atoms with Gasteiger partial charge in [-0.25, -0.2) is 0 Å². The molecule has 0 aliphatic heterocycles. The molecule has 2 aliphatic carbocycles. The van der Waals surface area contributed by atoms with Crippen molar-refractivity contribution in [1.29, 1.82) is 5.26 Å². The Morgan fingerprint density at radius 1 is 1.07 bits per heavy atom. The average Bonchev–Trinajstić information content (AvgIpc) is 2.74. The number of allylic oxidation sites excluding steroid dienone is 2. The summed E-state index contributed by atoms with van der Waals surface area (Å²) in [6.45, 7) is 3.07. The summed E-state index contributed by atoms with van der Waals surface area (Å²) in [5.41, 5.74) is 2.94. The first-order valence-electron chi connectivity index (χ1n) is 11.2. The van der Waals surface area contributed by atoms with Gasteiger partial charge in [0.15, 0.2) is 5.83 Å². The highest BCUT2D eigenvalue weighted by Crippen LogP contribution is 2.35. The molecule has 28 heavy (non-hydrogen) atoms. The van der Waals surface area contributed by atoms with Crippen LogP contribution < -0.4 is 0 Å². The zero-order chi connectivity index (χ0) is 19.8. The van der Waals surface area contributed by atoms with E-state index in [-0.39, 0.29) is 5.92 Å². The molecule has 0 aromatic heterocycles. The minimum atomic E-state index is -0.628. The SMILES string of the molecule is CCCc1ccc(C2CCC(OCC3CCC(C=C(F)C#N)CC3)CC2)cc1. The number of rotatable bonds is 7. The van der Waals surface area contributed by atoms with Crippen LogP contribution in [-0.2, 0) is 11.2 Å². The fraction of sp³-hybridized carbons (Fsp3) is 0.640. The maximum atomic E-state index is 13.1. The van der Waals surface area contributed by atoms with Crippen molar-refractivity contribution in [2.45, 2.75) is 83.2 Å². The van der Waals surface area contributed by atoms with E-state index in [2.05, 4.69) is 31.2 Å². The van der Waals surface area contributed by atoms with Crippen molar-refractivity contribution in [3.63, 3.8) is 0 Å². The van der Waals surface area contributed by atoms with Gasteiger partial charge in [0.2, 0.25) is 0 Å². The molecular weight excluding hydrogens is 349 g/mol. The summed E-state index contributed by atoms with van der Waals surface area (Å²) in [5.74, 6) is 0.887. The summed E-state index contributed by atoms with van der Waals surface area (Å²) in [6.07, 6.45) is 13.2. The summed E-state index contributed by atoms with van der Waals surface area (Å²) in [6, 6.07) is 10.9. The summed E-state index contributed by atoms with van der Waals surface area (Å²) >= 11 is 0. The number of benzene rings is 1. The number of hydrogen-bond acceptors (Lipinski definition) is 2. The number of nitrogens with zero attached hydrogens (tertiary/aromatic N) is 1. The average molecular weight is 384 g/mol. The highest BCUT2D eigenvalue weighted by atomic mass is 19.1. The molecule has 0 atom stereocenters. The van der Waals surface area contributed by atoms with E-state index in [9.17, 15) is 4.39 Å². The lowest BCUT2D eigenvalue weighted by Gasteiger charge is -2.32. The first kappa shape index (κ1) is 21.1. The highest BCUT2D eigenvalue weighted by molar-refractivity contribution is 5.26. The van der Waals surface area contributed by atoms with Crippen molar-refractivity contribution in [2.24, 2.45) is 11.8 Å². The second-order valence-corrected chi connectivity index (χ2v) is 8.71. The van der Waals surface area contributed by atoms with Crippen LogP contribution in [0.1, 0.15) is 81.8 Å². The lowest BCUT2D eigenvalue weighted by atomic mass is 9.81. The lowest BCUT2D eigenvalue weighted by molar-refractivity contribution is -0.00340. The number of aryl methyl sites for hydroxylation is 1. The van der Waals surface area contributed by atoms with Crippen LogP contribution in [0.25, 0.3) is 0 Å². The highest BCUT2D eigenvalue weighted by Gasteiger charge is 2.25. The third-order valence-corrected chi connectivity index (χ3v) is 6.61. The molecule has 0 radical (unpaired) electrons. The molecule has 0 heterocycles. The Hall–Kier alpha value is -1.66. The molecule has 3 heteroatoms. The molecule has 2 aliphatic rings. The summed E-state index contributed by atoms with van der Waals surface area (Å²) in [5, 5.41) is 8.56. The van der Waals surface area contributed by atoms with Gasteiger partial charge in [-0.1, -0.05) is 37.6 Å². The van der Waals surface area contributed by atoms with Crippen LogP contribution in [0, 0.1) is 23.2 Å². The Morgan fingerprint density at radius 2 is 1.75 bits per heavy atom. The van der Waals surface area contributed by atoms with E-state index in [1.807, 2.05) is 0 Å². The molecule has 0 amide bonds. The summed E-state index contributed by atoms with van der Waals surface area (Å²) < 4.78 is 19.3. The first-order valence-corrected chi connectivity index (χ1v) is 11.2. The monoisotopic (exact) mass is 383 g/mol. The minimum absolute atomic E-state index is 0.232. The molecular formula is C25H34FNO. The Balaban J connectivity index is 1.35. The van der Waals surface area contributed by atoms with Gasteiger partial charge in [-0.3, -0.25) is 0 Å². The normalized spacial score (nSPS) is 28.7. The van der Waals surface area contributed by atoms with Crippen LogP contribution in [0.5, 0.6) is 0 Å². The van der Waals surface area contributed by atoms with Gasteiger partial charge in [-0.2, -0.15) is 9.65 Å². The van der Waals surface area contributed by atoms with E-state index >= 15 is 0 Å². The topological polar surface area (TPSA) is 33.0 Å². The number of halogens is 1.